The monoisotopic (exact) mass is 460 g/mol. The van der Waals surface area contributed by atoms with Crippen LogP contribution in [0.5, 0.6) is 5.75 Å². The third-order valence-corrected chi connectivity index (χ3v) is 6.94. The molecule has 1 N–H and O–H groups in total. The maximum Gasteiger partial charge on any atom is 0.246 e. The molecule has 0 spiro atoms. The van der Waals surface area contributed by atoms with Crippen molar-refractivity contribution in [2.45, 2.75) is 13.0 Å². The van der Waals surface area contributed by atoms with Crippen LogP contribution in [0.4, 0.5) is 5.82 Å². The van der Waals surface area contributed by atoms with Crippen LogP contribution >= 0.6 is 11.6 Å². The molecule has 0 unspecified atom stereocenters. The third-order valence-electron chi connectivity index (χ3n) is 6.56. The van der Waals surface area contributed by atoms with Crippen LogP contribution in [-0.2, 0) is 4.79 Å². The van der Waals surface area contributed by atoms with Crippen molar-refractivity contribution in [2.24, 2.45) is 0 Å². The molecule has 8 nitrogen and oxygen atoms in total. The van der Waals surface area contributed by atoms with Crippen LogP contribution in [0.2, 0.25) is 5.02 Å². The number of aromatic amines is 1. The van der Waals surface area contributed by atoms with Crippen LogP contribution < -0.4 is 9.64 Å². The zero-order valence-corrected chi connectivity index (χ0v) is 18.8. The number of hydrogen-bond acceptors (Lipinski definition) is 6. The molecule has 2 aliphatic rings. The second kappa shape index (κ2) is 7.45. The van der Waals surface area contributed by atoms with Crippen molar-refractivity contribution >= 4 is 45.1 Å². The van der Waals surface area contributed by atoms with Gasteiger partial charge in [0.2, 0.25) is 5.91 Å². The van der Waals surface area contributed by atoms with E-state index in [2.05, 4.69) is 38.6 Å². The lowest BCUT2D eigenvalue weighted by molar-refractivity contribution is -0.126. The van der Waals surface area contributed by atoms with Gasteiger partial charge in [-0.2, -0.15) is 5.10 Å². The number of nitrogens with zero attached hydrogens (tertiary/aromatic N) is 5. The number of carbonyl (C=O) groups is 1. The van der Waals surface area contributed by atoms with Crippen LogP contribution in [0.3, 0.4) is 0 Å². The molecular formula is C24H21ClN6O2. The number of aryl methyl sites for hydroxylation is 1. The standard InChI is InChI=1S/C24H21ClN6O2/c1-3-19(32)30-6-7-31-14(10-30)11-33-23-21-18(26-12-27-24(21)31)8-15(22(23)25)20-13(2)4-5-17-16(20)9-28-29-17/h3-5,8-9,12,14H,1,6-7,10-11H2,2H3,(H,28,29)/t14-/m1/s1. The van der Waals surface area contributed by atoms with Gasteiger partial charge in [-0.05, 0) is 36.3 Å². The van der Waals surface area contributed by atoms with Crippen molar-refractivity contribution < 1.29 is 9.53 Å². The smallest absolute Gasteiger partial charge is 0.246 e. The average Bonchev–Trinajstić information content (AvgIpc) is 3.24. The lowest BCUT2D eigenvalue weighted by Crippen LogP contribution is -2.56. The van der Waals surface area contributed by atoms with E-state index in [1.165, 1.54) is 6.08 Å². The van der Waals surface area contributed by atoms with E-state index in [1.54, 1.807) is 11.2 Å². The quantitative estimate of drug-likeness (QED) is 0.459. The van der Waals surface area contributed by atoms with E-state index in [0.29, 0.717) is 37.0 Å². The van der Waals surface area contributed by atoms with E-state index in [-0.39, 0.29) is 11.9 Å². The second-order valence-corrected chi connectivity index (χ2v) is 8.77. The third kappa shape index (κ3) is 2.97. The number of anilines is 1. The van der Waals surface area contributed by atoms with E-state index in [9.17, 15) is 4.79 Å². The molecule has 33 heavy (non-hydrogen) atoms. The van der Waals surface area contributed by atoms with Gasteiger partial charge < -0.3 is 14.5 Å². The molecule has 0 saturated carbocycles. The number of fused-ring (bicyclic) bond motifs is 3. The molecule has 4 aromatic rings. The predicted molar refractivity (Wildman–Crippen MR) is 128 cm³/mol. The zero-order valence-electron chi connectivity index (χ0n) is 18.0. The molecule has 0 bridgehead atoms. The van der Waals surface area contributed by atoms with Gasteiger partial charge >= 0.3 is 0 Å². The topological polar surface area (TPSA) is 87.2 Å². The van der Waals surface area contributed by atoms with Gasteiger partial charge in [-0.1, -0.05) is 24.2 Å². The number of hydrogen-bond donors (Lipinski definition) is 1. The first-order valence-electron chi connectivity index (χ1n) is 10.8. The average molecular weight is 461 g/mol. The molecule has 0 radical (unpaired) electrons. The van der Waals surface area contributed by atoms with Crippen molar-refractivity contribution in [1.82, 2.24) is 25.1 Å². The first-order chi connectivity index (χ1) is 16.1. The minimum absolute atomic E-state index is 0.0493. The molecule has 2 aromatic carbocycles. The maximum atomic E-state index is 12.2. The van der Waals surface area contributed by atoms with Gasteiger partial charge in [-0.15, -0.1) is 0 Å². The summed E-state index contributed by atoms with van der Waals surface area (Å²) in [6, 6.07) is 6.01. The van der Waals surface area contributed by atoms with E-state index in [1.807, 2.05) is 24.4 Å². The van der Waals surface area contributed by atoms with E-state index < -0.39 is 0 Å². The SMILES string of the molecule is C=CC(=O)N1CCN2c3ncnc4cc(-c5c(C)ccc6[nH]ncc56)c(Cl)c(c34)OC[C@H]2C1. The Kier molecular flexibility index (Phi) is 4.51. The molecule has 6 rings (SSSR count). The van der Waals surface area contributed by atoms with E-state index >= 15 is 0 Å². The van der Waals surface area contributed by atoms with E-state index in [0.717, 1.165) is 44.3 Å². The first-order valence-corrected chi connectivity index (χ1v) is 11.2. The number of nitrogens with one attached hydrogen (secondary N) is 1. The summed E-state index contributed by atoms with van der Waals surface area (Å²) in [6.07, 6.45) is 4.74. The zero-order chi connectivity index (χ0) is 22.7. The molecule has 1 fully saturated rings. The van der Waals surface area contributed by atoms with Gasteiger partial charge in [-0.3, -0.25) is 9.89 Å². The van der Waals surface area contributed by atoms with Crippen molar-refractivity contribution in [3.8, 4) is 16.9 Å². The predicted octanol–water partition coefficient (Wildman–Crippen LogP) is 3.73. The van der Waals surface area contributed by atoms with Crippen molar-refractivity contribution in [1.29, 1.82) is 0 Å². The molecule has 4 heterocycles. The highest BCUT2D eigenvalue weighted by Crippen LogP contribution is 2.47. The fourth-order valence-corrected chi connectivity index (χ4v) is 5.25. The van der Waals surface area contributed by atoms with Crippen LogP contribution in [0.25, 0.3) is 32.9 Å². The Labute approximate surface area is 194 Å². The Balaban J connectivity index is 1.53. The number of halogens is 1. The van der Waals surface area contributed by atoms with E-state index in [4.69, 9.17) is 16.3 Å². The number of piperazine rings is 1. The Morgan fingerprint density at radius 3 is 3.06 bits per heavy atom. The molecule has 9 heteroatoms. The minimum atomic E-state index is -0.0757. The summed E-state index contributed by atoms with van der Waals surface area (Å²) in [5.74, 6) is 1.29. The van der Waals surface area contributed by atoms with Crippen molar-refractivity contribution in [3.05, 3.63) is 54.0 Å². The molecule has 2 aliphatic heterocycles. The number of carbonyl (C=O) groups excluding carboxylic acids is 1. The summed E-state index contributed by atoms with van der Waals surface area (Å²) in [4.78, 5) is 25.4. The molecular weight excluding hydrogens is 440 g/mol. The minimum Gasteiger partial charge on any atom is -0.489 e. The van der Waals surface area contributed by atoms with Gasteiger partial charge in [-0.25, -0.2) is 9.97 Å². The lowest BCUT2D eigenvalue weighted by Gasteiger charge is -2.40. The molecule has 2 aromatic heterocycles. The highest BCUT2D eigenvalue weighted by molar-refractivity contribution is 6.37. The highest BCUT2D eigenvalue weighted by Gasteiger charge is 2.35. The summed E-state index contributed by atoms with van der Waals surface area (Å²) in [5.41, 5.74) is 4.62. The van der Waals surface area contributed by atoms with Gasteiger partial charge in [0, 0.05) is 30.6 Å². The van der Waals surface area contributed by atoms with Gasteiger partial charge in [0.1, 0.15) is 18.8 Å². The summed E-state index contributed by atoms with van der Waals surface area (Å²) in [6.45, 7) is 7.82. The normalized spacial score (nSPS) is 17.6. The van der Waals surface area contributed by atoms with Gasteiger partial charge in [0.05, 0.1) is 33.7 Å². The van der Waals surface area contributed by atoms with Gasteiger partial charge in [0.15, 0.2) is 5.75 Å². The summed E-state index contributed by atoms with van der Waals surface area (Å²) < 4.78 is 6.34. The number of ether oxygens (including phenoxy) is 1. The summed E-state index contributed by atoms with van der Waals surface area (Å²) in [7, 11) is 0. The highest BCUT2D eigenvalue weighted by atomic mass is 35.5. The van der Waals surface area contributed by atoms with Crippen LogP contribution in [0.1, 0.15) is 5.56 Å². The molecule has 0 aliphatic carbocycles. The fourth-order valence-electron chi connectivity index (χ4n) is 4.95. The number of rotatable bonds is 2. The van der Waals surface area contributed by atoms with Crippen molar-refractivity contribution in [3.63, 3.8) is 0 Å². The van der Waals surface area contributed by atoms with Crippen LogP contribution in [0.15, 0.2) is 43.4 Å². The Morgan fingerprint density at radius 1 is 1.33 bits per heavy atom. The molecule has 1 amide bonds. The number of H-pyrrole nitrogens is 1. The fraction of sp³-hybridized carbons (Fsp3) is 0.250. The molecule has 166 valence electrons. The maximum absolute atomic E-state index is 12.2. The van der Waals surface area contributed by atoms with Crippen LogP contribution in [0, 0.1) is 6.92 Å². The first kappa shape index (κ1) is 20.0. The van der Waals surface area contributed by atoms with Crippen molar-refractivity contribution in [2.75, 3.05) is 31.1 Å². The molecule has 1 atom stereocenters. The number of benzene rings is 2. The van der Waals surface area contributed by atoms with Gasteiger partial charge in [0.25, 0.3) is 0 Å². The summed E-state index contributed by atoms with van der Waals surface area (Å²) in [5, 5.41) is 9.55. The lowest BCUT2D eigenvalue weighted by atomic mass is 9.95. The molecule has 1 saturated heterocycles. The largest absolute Gasteiger partial charge is 0.489 e. The second-order valence-electron chi connectivity index (χ2n) is 8.39. The Morgan fingerprint density at radius 2 is 2.21 bits per heavy atom. The Bertz CT molecular complexity index is 1450. The summed E-state index contributed by atoms with van der Waals surface area (Å²) >= 11 is 7.03. The number of aromatic nitrogens is 4. The Hall–Kier alpha value is -3.65. The van der Waals surface area contributed by atoms with Crippen LogP contribution in [-0.4, -0.2) is 63.3 Å². The number of amides is 1.